The minimum atomic E-state index is -2.49. The summed E-state index contributed by atoms with van der Waals surface area (Å²) in [5.74, 6) is -19.0. The fraction of sp³-hybridized carbons (Fsp3) is 0.424. The Balaban J connectivity index is -0.000000195. The van der Waals surface area contributed by atoms with E-state index in [4.69, 9.17) is 76.0 Å². The van der Waals surface area contributed by atoms with Gasteiger partial charge in [0.1, 0.15) is 35.2 Å². The highest BCUT2D eigenvalue weighted by Gasteiger charge is 2.39. The highest BCUT2D eigenvalue weighted by Crippen LogP contribution is 2.17. The molecule has 4 atom stereocenters. The zero-order valence-electron chi connectivity index (χ0n) is 54.6. The smallest absolute Gasteiger partial charge is 0.373 e. The summed E-state index contributed by atoms with van der Waals surface area (Å²) in [5.41, 5.74) is 0.167. The molecule has 99 heavy (non-hydrogen) atoms. The minimum absolute atomic E-state index is 0. The number of aryl methyl sites for hydroxylation is 2. The number of benzene rings is 3. The minimum Gasteiger partial charge on any atom is -0.481 e. The van der Waals surface area contributed by atoms with Gasteiger partial charge < -0.3 is 81.1 Å². The molecular weight excluding hydrogens is 1320 g/mol. The van der Waals surface area contributed by atoms with Crippen molar-refractivity contribution in [1.29, 1.82) is 0 Å². The number of aliphatic hydroxyl groups excluding tert-OH is 1. The third-order valence-corrected chi connectivity index (χ3v) is 11.5. The number of carbonyl (C=O) groups is 17. The van der Waals surface area contributed by atoms with Gasteiger partial charge in [0, 0.05) is 38.2 Å². The maximum atomic E-state index is 10.7. The third-order valence-electron chi connectivity index (χ3n) is 11.5. The molecule has 33 heteroatoms. The van der Waals surface area contributed by atoms with Crippen molar-refractivity contribution in [3.8, 4) is 0 Å². The van der Waals surface area contributed by atoms with Gasteiger partial charge in [-0.25, -0.2) is 28.8 Å². The molecule has 0 saturated heterocycles. The number of unbranched alkanes of at least 4 members (excludes halogenated alkanes) is 7. The first-order valence-corrected chi connectivity index (χ1v) is 28.7. The van der Waals surface area contributed by atoms with Crippen molar-refractivity contribution >= 4 is 107 Å². The Morgan fingerprint density at radius 3 is 1.16 bits per heavy atom. The molecule has 0 aliphatic carbocycles. The maximum Gasteiger partial charge on any atom is 0.373 e. The highest BCUT2D eigenvalue weighted by atomic mass is 16.4. The number of carboxylic acids is 12. The van der Waals surface area contributed by atoms with Crippen molar-refractivity contribution in [2.75, 3.05) is 0 Å². The normalized spacial score (nSPS) is 11.1. The van der Waals surface area contributed by atoms with E-state index in [0.29, 0.717) is 29.2 Å². The number of carbonyl (C=O) groups excluding carboxylic acids is 7. The van der Waals surface area contributed by atoms with Crippen molar-refractivity contribution in [3.63, 3.8) is 0 Å². The molecule has 0 aliphatic rings. The van der Waals surface area contributed by atoms with Crippen LogP contribution in [0, 0.1) is 25.7 Å². The zero-order chi connectivity index (χ0) is 77.4. The molecule has 3 rings (SSSR count). The van der Waals surface area contributed by atoms with Gasteiger partial charge in [0.15, 0.2) is 11.4 Å². The van der Waals surface area contributed by atoms with Gasteiger partial charge in [-0.1, -0.05) is 99.5 Å². The molecule has 0 radical (unpaired) electrons. The molecule has 3 aromatic rings. The second kappa shape index (κ2) is 59.2. The third kappa shape index (κ3) is 65.2. The first-order chi connectivity index (χ1) is 45.2. The van der Waals surface area contributed by atoms with Crippen LogP contribution in [0.4, 0.5) is 0 Å². The summed E-state index contributed by atoms with van der Waals surface area (Å²) in [7, 11) is 0. The van der Waals surface area contributed by atoms with Crippen LogP contribution in [0.3, 0.4) is 0 Å². The molecule has 0 heterocycles. The van der Waals surface area contributed by atoms with Crippen molar-refractivity contribution in [3.05, 3.63) is 118 Å². The van der Waals surface area contributed by atoms with Crippen LogP contribution in [-0.2, 0) is 76.7 Å². The van der Waals surface area contributed by atoms with Gasteiger partial charge in [0.25, 0.3) is 0 Å². The maximum absolute atomic E-state index is 10.7. The van der Waals surface area contributed by atoms with Crippen LogP contribution < -0.4 is 0 Å². The summed E-state index contributed by atoms with van der Waals surface area (Å²) in [6.45, 7) is 9.94. The molecule has 0 spiro atoms. The quantitative estimate of drug-likeness (QED) is 0.0216. The van der Waals surface area contributed by atoms with Gasteiger partial charge in [-0.05, 0) is 97.7 Å². The topological polar surface area (TPSA) is 608 Å². The Morgan fingerprint density at radius 1 is 0.444 bits per heavy atom. The molecule has 0 fully saturated rings. The lowest BCUT2D eigenvalue weighted by atomic mass is 9.94. The van der Waals surface area contributed by atoms with E-state index in [1.807, 2.05) is 19.9 Å². The summed E-state index contributed by atoms with van der Waals surface area (Å²) >= 11 is 0. The predicted octanol–water partition coefficient (Wildman–Crippen LogP) is 6.95. The summed E-state index contributed by atoms with van der Waals surface area (Å²) in [6, 6.07) is 21.9. The average Bonchev–Trinajstić information content (AvgIpc) is 0.867. The van der Waals surface area contributed by atoms with Crippen molar-refractivity contribution < 1.29 is 163 Å². The molecule has 4 unspecified atom stereocenters. The first-order valence-electron chi connectivity index (χ1n) is 28.7. The van der Waals surface area contributed by atoms with Gasteiger partial charge >= 0.3 is 77.8 Å². The number of carboxylic acid groups (broad SMARTS) is 12. The van der Waals surface area contributed by atoms with E-state index in [2.05, 4.69) is 0 Å². The van der Waals surface area contributed by atoms with E-state index in [9.17, 15) is 86.6 Å². The fourth-order valence-electron chi connectivity index (χ4n) is 6.86. The number of hydrogen-bond donors (Lipinski definition) is 14. The monoisotopic (exact) mass is 1410 g/mol. The molecule has 550 valence electrons. The number of aliphatic hydroxyl groups is 2. The van der Waals surface area contributed by atoms with E-state index in [-0.39, 0.29) is 43.8 Å². The number of Topliss-reactive ketones (excluding diaryl/α,β-unsaturated/α-hetero) is 5. The van der Waals surface area contributed by atoms with Crippen molar-refractivity contribution in [1.82, 2.24) is 0 Å². The Morgan fingerprint density at radius 2 is 0.869 bits per heavy atom. The highest BCUT2D eigenvalue weighted by molar-refractivity contribution is 5.99. The molecule has 14 N–H and O–H groups in total. The fourth-order valence-corrected chi connectivity index (χ4v) is 6.86. The lowest BCUT2D eigenvalue weighted by molar-refractivity contribution is -0.192. The standard InChI is InChI=1S/C13H24O3.2C8H8O2.2C7H10O6.C7H10O5.C7H8O5.C7H6O2.CO2.CH4/c1-12(14)10-8-6-4-2-3-5-7-9-11-13(15)16;1-6-2-4-7(5-3-6)8(9)10;1-6-3-2-4-7(5-6)8(9)10;1-4(8)2-7(13,6(11)12)3-5(9)10;1-3(8)6(11)4(7(12)13)2-5(9)10;2*1-4(8)2-5(7(11)12)3-6(9)10;8-7(9)6-4-2-1-3-5-6;2-1-3;/h2-11H2,1H3,(H,15,16);2*2-5H,1H3,(H,9,10);13H,2-3H2,1H3,(H,9,10)(H,11,12);4,6,11H,2H2,1H3,(H,9,10)(H,12,13);5H,2-3H2,1H3,(H,9,10)(H,11,12);3H,2H2,1H3,(H,9,10)(H,11,12);1-5H,(H,8,9);;1H4/b;;;;;;5-3-;;;. The number of hydrogen-bond acceptors (Lipinski definition) is 21. The number of aromatic carboxylic acids is 3. The van der Waals surface area contributed by atoms with E-state index < -0.39 is 138 Å². The van der Waals surface area contributed by atoms with Gasteiger partial charge in [-0.2, -0.15) is 9.59 Å². The zero-order valence-corrected chi connectivity index (χ0v) is 54.6. The molecule has 3 aromatic carbocycles. The van der Waals surface area contributed by atoms with Crippen LogP contribution in [0.5, 0.6) is 0 Å². The summed E-state index contributed by atoms with van der Waals surface area (Å²) in [4.78, 5) is 192. The van der Waals surface area contributed by atoms with E-state index in [1.54, 1.807) is 79.7 Å². The van der Waals surface area contributed by atoms with Gasteiger partial charge in [0.2, 0.25) is 0 Å². The van der Waals surface area contributed by atoms with Crippen LogP contribution in [0.2, 0.25) is 0 Å². The summed E-state index contributed by atoms with van der Waals surface area (Å²) in [6.07, 6.45) is 5.25. The molecule has 0 amide bonds. The summed E-state index contributed by atoms with van der Waals surface area (Å²) in [5, 5.41) is 119. The lowest BCUT2D eigenvalue weighted by Crippen LogP contribution is -2.42. The van der Waals surface area contributed by atoms with Crippen LogP contribution in [0.25, 0.3) is 0 Å². The number of ketones is 5. The molecule has 33 nitrogen and oxygen atoms in total. The Hall–Kier alpha value is -11.3. The van der Waals surface area contributed by atoms with Gasteiger partial charge in [-0.15, -0.1) is 0 Å². The average molecular weight is 1410 g/mol. The Labute approximate surface area is 568 Å². The van der Waals surface area contributed by atoms with Gasteiger partial charge in [0.05, 0.1) is 47.4 Å². The lowest BCUT2D eigenvalue weighted by Gasteiger charge is -2.19. The molecule has 0 aliphatic heterocycles. The van der Waals surface area contributed by atoms with Crippen LogP contribution in [0.15, 0.2) is 90.5 Å². The summed E-state index contributed by atoms with van der Waals surface area (Å²) < 4.78 is 0. The number of aliphatic carboxylic acids is 9. The van der Waals surface area contributed by atoms with Crippen LogP contribution >= 0.6 is 0 Å². The van der Waals surface area contributed by atoms with Crippen LogP contribution in [-0.4, -0.2) is 190 Å². The van der Waals surface area contributed by atoms with Crippen molar-refractivity contribution in [2.45, 2.75) is 170 Å². The SMILES string of the molecule is C.CC(=O)C(O)C(CC(=O)O)C(=O)O.CC(=O)C/C(=C/C(=O)O)C(=O)O.CC(=O)CC(CC(=O)O)C(=O)O.CC(=O)CC(O)(CC(=O)O)C(=O)O.CC(=O)CCCCCCCCCCC(=O)O.Cc1ccc(C(=O)O)cc1.Cc1cccc(C(=O)O)c1.O=C(O)c1ccccc1.O=C=O. The predicted molar refractivity (Wildman–Crippen MR) is 343 cm³/mol. The second-order valence-corrected chi connectivity index (χ2v) is 20.6. The largest absolute Gasteiger partial charge is 0.481 e. The van der Waals surface area contributed by atoms with E-state index >= 15 is 0 Å². The molecular formula is C66H88O33. The van der Waals surface area contributed by atoms with Gasteiger partial charge in [-0.3, -0.25) is 43.2 Å². The molecule has 0 aromatic heterocycles. The Bertz CT molecular complexity index is 3100. The first kappa shape index (κ1) is 101. The molecule has 0 bridgehead atoms. The second-order valence-electron chi connectivity index (χ2n) is 20.6. The van der Waals surface area contributed by atoms with E-state index in [0.717, 1.165) is 63.5 Å². The van der Waals surface area contributed by atoms with E-state index in [1.165, 1.54) is 33.1 Å². The number of rotatable bonds is 33. The molecule has 0 saturated carbocycles. The van der Waals surface area contributed by atoms with Crippen molar-refractivity contribution in [2.24, 2.45) is 11.8 Å². The van der Waals surface area contributed by atoms with Crippen LogP contribution in [0.1, 0.15) is 187 Å². The Kier molecular flexibility index (Phi) is 60.5.